The molecule has 0 aliphatic carbocycles. The Balaban J connectivity index is 1.69. The predicted molar refractivity (Wildman–Crippen MR) is 97.2 cm³/mol. The minimum atomic E-state index is -0.325. The maximum atomic E-state index is 12.3. The van der Waals surface area contributed by atoms with E-state index in [-0.39, 0.29) is 30.6 Å². The predicted octanol–water partition coefficient (Wildman–Crippen LogP) is 3.76. The molecule has 0 unspecified atom stereocenters. The number of benzene rings is 1. The van der Waals surface area contributed by atoms with Gasteiger partial charge in [0.2, 0.25) is 6.79 Å². The maximum absolute atomic E-state index is 12.3. The summed E-state index contributed by atoms with van der Waals surface area (Å²) in [5.41, 5.74) is 0.458. The summed E-state index contributed by atoms with van der Waals surface area (Å²) in [5, 5.41) is 0.493. The summed E-state index contributed by atoms with van der Waals surface area (Å²) < 4.78 is 17.3. The topological polar surface area (TPSA) is 66.8 Å². The molecule has 6 nitrogen and oxygen atoms in total. The molecule has 0 saturated heterocycles. The number of fused-ring (bicyclic) bond motifs is 1. The Morgan fingerprint density at radius 2 is 2.00 bits per heavy atom. The number of hydrogen-bond donors (Lipinski definition) is 0. The number of rotatable bonds is 7. The Hall–Kier alpha value is -2.47. The molecule has 0 fully saturated rings. The summed E-state index contributed by atoms with van der Waals surface area (Å²) in [7, 11) is 0. The zero-order chi connectivity index (χ0) is 18.5. The minimum Gasteiger partial charge on any atom is -0.454 e. The van der Waals surface area contributed by atoms with Crippen LogP contribution in [0.25, 0.3) is 0 Å². The van der Waals surface area contributed by atoms with Crippen LogP contribution in [0, 0.1) is 0 Å². The molecule has 0 atom stereocenters. The van der Waals surface area contributed by atoms with Crippen LogP contribution in [0.2, 0.25) is 5.02 Å². The number of esters is 1. The summed E-state index contributed by atoms with van der Waals surface area (Å²) >= 11 is 6.25. The highest BCUT2D eigenvalue weighted by molar-refractivity contribution is 6.31. The Bertz CT molecular complexity index is 861. The van der Waals surface area contributed by atoms with Crippen molar-refractivity contribution in [1.82, 2.24) is 4.57 Å². The Morgan fingerprint density at radius 3 is 2.73 bits per heavy atom. The van der Waals surface area contributed by atoms with Gasteiger partial charge in [-0.2, -0.15) is 0 Å². The van der Waals surface area contributed by atoms with Gasteiger partial charge in [-0.3, -0.25) is 9.59 Å². The van der Waals surface area contributed by atoms with Gasteiger partial charge in [0, 0.05) is 29.8 Å². The van der Waals surface area contributed by atoms with Gasteiger partial charge in [-0.1, -0.05) is 31.4 Å². The highest BCUT2D eigenvalue weighted by Crippen LogP contribution is 2.36. The van der Waals surface area contributed by atoms with E-state index in [1.807, 2.05) is 0 Å². The van der Waals surface area contributed by atoms with Crippen LogP contribution in [0.5, 0.6) is 17.2 Å². The third kappa shape index (κ3) is 4.38. The lowest BCUT2D eigenvalue weighted by atomic mass is 10.2. The molecule has 7 heteroatoms. The lowest BCUT2D eigenvalue weighted by Gasteiger charge is -2.10. The van der Waals surface area contributed by atoms with Gasteiger partial charge in [-0.25, -0.2) is 0 Å². The number of pyridine rings is 1. The zero-order valence-corrected chi connectivity index (χ0v) is 15.3. The fourth-order valence-electron chi connectivity index (χ4n) is 2.65. The molecule has 1 aliphatic rings. The summed E-state index contributed by atoms with van der Waals surface area (Å²) in [4.78, 5) is 24.1. The van der Waals surface area contributed by atoms with Crippen molar-refractivity contribution in [3.8, 4) is 17.2 Å². The second kappa shape index (κ2) is 8.27. The lowest BCUT2D eigenvalue weighted by Crippen LogP contribution is -2.20. The highest BCUT2D eigenvalue weighted by Gasteiger charge is 2.17. The summed E-state index contributed by atoms with van der Waals surface area (Å²) in [6, 6.07) is 6.34. The fourth-order valence-corrected chi connectivity index (χ4v) is 2.86. The Labute approximate surface area is 156 Å². The number of ether oxygens (including phenoxy) is 3. The number of hydrogen-bond acceptors (Lipinski definition) is 5. The number of carbonyl (C=O) groups excluding carboxylic acids is 1. The van der Waals surface area contributed by atoms with E-state index in [9.17, 15) is 9.59 Å². The van der Waals surface area contributed by atoms with Crippen LogP contribution in [-0.2, 0) is 11.3 Å². The third-order valence-electron chi connectivity index (χ3n) is 4.07. The molecule has 2 heterocycles. The average Bonchev–Trinajstić information content (AvgIpc) is 3.04. The summed E-state index contributed by atoms with van der Waals surface area (Å²) in [6.07, 6.45) is 4.73. The monoisotopic (exact) mass is 377 g/mol. The van der Waals surface area contributed by atoms with Crippen LogP contribution in [-0.4, -0.2) is 17.3 Å². The van der Waals surface area contributed by atoms with Crippen LogP contribution in [0.1, 0.15) is 38.2 Å². The normalized spacial score (nSPS) is 12.2. The van der Waals surface area contributed by atoms with Crippen LogP contribution < -0.4 is 19.8 Å². The van der Waals surface area contributed by atoms with Gasteiger partial charge in [-0.05, 0) is 24.1 Å². The van der Waals surface area contributed by atoms with E-state index >= 15 is 0 Å². The molecule has 0 saturated carbocycles. The van der Waals surface area contributed by atoms with Crippen molar-refractivity contribution in [3.63, 3.8) is 0 Å². The third-order valence-corrected chi connectivity index (χ3v) is 4.42. The molecule has 0 radical (unpaired) electrons. The van der Waals surface area contributed by atoms with Crippen molar-refractivity contribution in [3.05, 3.63) is 51.4 Å². The van der Waals surface area contributed by atoms with E-state index in [1.165, 1.54) is 10.6 Å². The van der Waals surface area contributed by atoms with Gasteiger partial charge in [0.25, 0.3) is 5.56 Å². The van der Waals surface area contributed by atoms with Crippen molar-refractivity contribution < 1.29 is 19.0 Å². The molecule has 1 aromatic heterocycles. The Kier molecular flexibility index (Phi) is 5.83. The van der Waals surface area contributed by atoms with Crippen LogP contribution >= 0.6 is 11.6 Å². The van der Waals surface area contributed by atoms with E-state index in [2.05, 4.69) is 6.92 Å². The molecular weight excluding hydrogens is 358 g/mol. The fraction of sp³-hybridized carbons (Fsp3) is 0.368. The molecule has 1 aromatic carbocycles. The van der Waals surface area contributed by atoms with Crippen LogP contribution in [0.15, 0.2) is 35.3 Å². The molecule has 0 bridgehead atoms. The van der Waals surface area contributed by atoms with Gasteiger partial charge < -0.3 is 18.8 Å². The Morgan fingerprint density at radius 1 is 1.23 bits per heavy atom. The largest absolute Gasteiger partial charge is 0.454 e. The van der Waals surface area contributed by atoms with E-state index in [4.69, 9.17) is 25.8 Å². The summed E-state index contributed by atoms with van der Waals surface area (Å²) in [6.45, 7) is 2.50. The van der Waals surface area contributed by atoms with E-state index < -0.39 is 0 Å². The van der Waals surface area contributed by atoms with Gasteiger partial charge in [0.15, 0.2) is 11.5 Å². The second-order valence-electron chi connectivity index (χ2n) is 6.06. The SMILES string of the molecule is CCCCCC(=O)Oc1ccn(Cc2cc3c(cc2Cl)OCO3)c(=O)c1. The van der Waals surface area contributed by atoms with Gasteiger partial charge >= 0.3 is 5.97 Å². The van der Waals surface area contributed by atoms with Crippen molar-refractivity contribution >= 4 is 17.6 Å². The first-order valence-corrected chi connectivity index (χ1v) is 8.94. The quantitative estimate of drug-likeness (QED) is 0.543. The first-order chi connectivity index (χ1) is 12.6. The second-order valence-corrected chi connectivity index (χ2v) is 6.46. The standard InChI is InChI=1S/C19H20ClNO5/c1-2-3-4-5-19(23)26-14-6-7-21(18(22)9-14)11-13-8-16-17(10-15(13)20)25-12-24-16/h6-10H,2-5,11-12H2,1H3. The molecule has 2 aromatic rings. The molecule has 0 amide bonds. The summed E-state index contributed by atoms with van der Waals surface area (Å²) in [5.74, 6) is 1.13. The molecule has 1 aliphatic heterocycles. The highest BCUT2D eigenvalue weighted by atomic mass is 35.5. The number of carbonyl (C=O) groups is 1. The van der Waals surface area contributed by atoms with Crippen molar-refractivity contribution in [2.24, 2.45) is 0 Å². The molecule has 0 spiro atoms. The smallest absolute Gasteiger partial charge is 0.311 e. The van der Waals surface area contributed by atoms with Crippen molar-refractivity contribution in [2.45, 2.75) is 39.2 Å². The average molecular weight is 378 g/mol. The van der Waals surface area contributed by atoms with Gasteiger partial charge in [0.05, 0.1) is 6.54 Å². The number of aromatic nitrogens is 1. The molecule has 0 N–H and O–H groups in total. The van der Waals surface area contributed by atoms with E-state index in [0.29, 0.717) is 22.9 Å². The van der Waals surface area contributed by atoms with Crippen LogP contribution in [0.3, 0.4) is 0 Å². The number of halogens is 1. The van der Waals surface area contributed by atoms with E-state index in [1.54, 1.807) is 24.4 Å². The van der Waals surface area contributed by atoms with E-state index in [0.717, 1.165) is 24.8 Å². The first-order valence-electron chi connectivity index (χ1n) is 8.56. The molecule has 3 rings (SSSR count). The van der Waals surface area contributed by atoms with Crippen molar-refractivity contribution in [2.75, 3.05) is 6.79 Å². The van der Waals surface area contributed by atoms with Gasteiger partial charge in [-0.15, -0.1) is 0 Å². The maximum Gasteiger partial charge on any atom is 0.311 e. The van der Waals surface area contributed by atoms with Crippen LogP contribution in [0.4, 0.5) is 0 Å². The molecule has 26 heavy (non-hydrogen) atoms. The van der Waals surface area contributed by atoms with Crippen molar-refractivity contribution in [1.29, 1.82) is 0 Å². The first kappa shape index (κ1) is 18.3. The number of nitrogens with zero attached hydrogens (tertiary/aromatic N) is 1. The number of unbranched alkanes of at least 4 members (excludes halogenated alkanes) is 2. The molecular formula is C19H20ClNO5. The van der Waals surface area contributed by atoms with Gasteiger partial charge in [0.1, 0.15) is 5.75 Å². The minimum absolute atomic E-state index is 0.160. The zero-order valence-electron chi connectivity index (χ0n) is 14.5. The molecule has 138 valence electrons. The lowest BCUT2D eigenvalue weighted by molar-refractivity contribution is -0.134.